The molecule has 1 aromatic carbocycles. The highest BCUT2D eigenvalue weighted by atomic mass is 16.4. The van der Waals surface area contributed by atoms with Crippen molar-refractivity contribution in [1.82, 2.24) is 4.90 Å². The quantitative estimate of drug-likeness (QED) is 0.893. The zero-order chi connectivity index (χ0) is 15.4. The first-order valence-electron chi connectivity index (χ1n) is 7.28. The minimum absolute atomic E-state index is 0.0202. The summed E-state index contributed by atoms with van der Waals surface area (Å²) in [5.74, 6) is -0.912. The summed E-state index contributed by atoms with van der Waals surface area (Å²) < 4.78 is 0. The van der Waals surface area contributed by atoms with Crippen LogP contribution in [0.4, 0.5) is 5.69 Å². The summed E-state index contributed by atoms with van der Waals surface area (Å²) in [6.07, 6.45) is 3.12. The number of anilines is 1. The van der Waals surface area contributed by atoms with E-state index in [0.717, 1.165) is 18.5 Å². The molecule has 1 amide bonds. The van der Waals surface area contributed by atoms with Gasteiger partial charge in [-0.2, -0.15) is 0 Å². The van der Waals surface area contributed by atoms with E-state index in [1.165, 1.54) is 0 Å². The van der Waals surface area contributed by atoms with Crippen LogP contribution in [0.25, 0.3) is 0 Å². The number of aliphatic carboxylic acids is 1. The van der Waals surface area contributed by atoms with Crippen LogP contribution in [-0.4, -0.2) is 42.0 Å². The van der Waals surface area contributed by atoms with Crippen LogP contribution in [0, 0.1) is 5.92 Å². The molecule has 114 valence electrons. The highest BCUT2D eigenvalue weighted by Crippen LogP contribution is 2.27. The van der Waals surface area contributed by atoms with E-state index >= 15 is 0 Å². The maximum absolute atomic E-state index is 11.9. The molecule has 5 nitrogen and oxygen atoms in total. The Morgan fingerprint density at radius 3 is 2.43 bits per heavy atom. The molecule has 21 heavy (non-hydrogen) atoms. The highest BCUT2D eigenvalue weighted by Gasteiger charge is 2.25. The summed E-state index contributed by atoms with van der Waals surface area (Å²) in [5.41, 5.74) is 1.57. The molecule has 0 heterocycles. The Hall–Kier alpha value is -2.04. The molecule has 0 unspecified atom stereocenters. The lowest BCUT2D eigenvalue weighted by molar-refractivity contribution is -0.142. The molecule has 1 aliphatic carbocycles. The molecular formula is C16H22N2O3. The number of hydrogen-bond donors (Lipinski definition) is 2. The number of carboxylic acid groups (broad SMARTS) is 1. The highest BCUT2D eigenvalue weighted by molar-refractivity contribution is 5.94. The third kappa shape index (κ3) is 3.97. The minimum atomic E-state index is -0.688. The maximum atomic E-state index is 11.9. The molecule has 1 fully saturated rings. The van der Waals surface area contributed by atoms with Gasteiger partial charge in [-0.05, 0) is 43.9 Å². The summed E-state index contributed by atoms with van der Waals surface area (Å²) in [7, 11) is 3.46. The Morgan fingerprint density at radius 2 is 1.86 bits per heavy atom. The Labute approximate surface area is 125 Å². The summed E-state index contributed by atoms with van der Waals surface area (Å²) in [5, 5.41) is 12.4. The van der Waals surface area contributed by atoms with E-state index in [1.807, 2.05) is 18.2 Å². The largest absolute Gasteiger partial charge is 0.481 e. The smallest absolute Gasteiger partial charge is 0.306 e. The van der Waals surface area contributed by atoms with Gasteiger partial charge < -0.3 is 15.3 Å². The molecular weight excluding hydrogens is 268 g/mol. The summed E-state index contributed by atoms with van der Waals surface area (Å²) in [6.45, 7) is 0. The first kappa shape index (κ1) is 15.4. The summed E-state index contributed by atoms with van der Waals surface area (Å²) in [6, 6.07) is 7.74. The zero-order valence-electron chi connectivity index (χ0n) is 12.5. The summed E-state index contributed by atoms with van der Waals surface area (Å²) in [4.78, 5) is 24.4. The van der Waals surface area contributed by atoms with Crippen LogP contribution >= 0.6 is 0 Å². The fourth-order valence-electron chi connectivity index (χ4n) is 2.72. The average Bonchev–Trinajstić information content (AvgIpc) is 2.47. The number of hydrogen-bond acceptors (Lipinski definition) is 3. The molecule has 0 spiro atoms. The monoisotopic (exact) mass is 290 g/mol. The van der Waals surface area contributed by atoms with Gasteiger partial charge in [-0.25, -0.2) is 0 Å². The molecule has 0 radical (unpaired) electrons. The van der Waals surface area contributed by atoms with Gasteiger partial charge in [-0.3, -0.25) is 9.59 Å². The van der Waals surface area contributed by atoms with Gasteiger partial charge in [-0.15, -0.1) is 0 Å². The predicted octanol–water partition coefficient (Wildman–Crippen LogP) is 2.44. The van der Waals surface area contributed by atoms with Crippen LogP contribution in [0.15, 0.2) is 24.3 Å². The molecule has 0 aromatic heterocycles. The third-order valence-corrected chi connectivity index (χ3v) is 3.96. The number of nitrogens with zero attached hydrogens (tertiary/aromatic N) is 1. The Kier molecular flexibility index (Phi) is 4.83. The van der Waals surface area contributed by atoms with Gasteiger partial charge >= 0.3 is 5.97 Å². The van der Waals surface area contributed by atoms with Crippen molar-refractivity contribution in [3.05, 3.63) is 29.8 Å². The van der Waals surface area contributed by atoms with Crippen molar-refractivity contribution in [2.75, 3.05) is 19.4 Å². The lowest BCUT2D eigenvalue weighted by Crippen LogP contribution is -2.29. The third-order valence-electron chi connectivity index (χ3n) is 3.96. The minimum Gasteiger partial charge on any atom is -0.481 e. The molecule has 0 aliphatic heterocycles. The van der Waals surface area contributed by atoms with Crippen molar-refractivity contribution in [3.63, 3.8) is 0 Å². The van der Waals surface area contributed by atoms with E-state index in [-0.39, 0.29) is 17.9 Å². The Bertz CT molecular complexity index is 520. The van der Waals surface area contributed by atoms with E-state index < -0.39 is 5.97 Å². The van der Waals surface area contributed by atoms with Crippen LogP contribution in [0.3, 0.4) is 0 Å². The number of nitrogens with one attached hydrogen (secondary N) is 1. The van der Waals surface area contributed by atoms with Gasteiger partial charge in [0.2, 0.25) is 0 Å². The molecule has 0 saturated heterocycles. The Morgan fingerprint density at radius 1 is 1.19 bits per heavy atom. The number of rotatable bonds is 4. The fraction of sp³-hybridized carbons (Fsp3) is 0.500. The number of amides is 1. The van der Waals surface area contributed by atoms with Crippen molar-refractivity contribution in [2.24, 2.45) is 5.92 Å². The first-order chi connectivity index (χ1) is 9.97. The van der Waals surface area contributed by atoms with Crippen molar-refractivity contribution in [1.29, 1.82) is 0 Å². The van der Waals surface area contributed by atoms with Gasteiger partial charge in [-0.1, -0.05) is 6.07 Å². The molecule has 2 N–H and O–H groups in total. The molecule has 1 aliphatic rings. The van der Waals surface area contributed by atoms with Crippen molar-refractivity contribution in [2.45, 2.75) is 31.7 Å². The number of carbonyl (C=O) groups excluding carboxylic acids is 1. The van der Waals surface area contributed by atoms with Gasteiger partial charge in [0, 0.05) is 31.4 Å². The van der Waals surface area contributed by atoms with Gasteiger partial charge in [0.05, 0.1) is 5.92 Å². The topological polar surface area (TPSA) is 69.6 Å². The second kappa shape index (κ2) is 6.61. The standard InChI is InChI=1S/C16H22N2O3/c1-18(2)15(19)12-4-3-5-14(10-12)17-13-8-6-11(7-9-13)16(20)21/h3-5,10-11,13,17H,6-9H2,1-2H3,(H,20,21). The van der Waals surface area contributed by atoms with Crippen molar-refractivity contribution in [3.8, 4) is 0 Å². The first-order valence-corrected chi connectivity index (χ1v) is 7.28. The van der Waals surface area contributed by atoms with Crippen LogP contribution in [0.1, 0.15) is 36.0 Å². The maximum Gasteiger partial charge on any atom is 0.306 e. The van der Waals surface area contributed by atoms with Crippen LogP contribution in [-0.2, 0) is 4.79 Å². The summed E-state index contributed by atoms with van der Waals surface area (Å²) >= 11 is 0. The lowest BCUT2D eigenvalue weighted by atomic mass is 9.86. The van der Waals surface area contributed by atoms with E-state index in [4.69, 9.17) is 5.11 Å². The van der Waals surface area contributed by atoms with Crippen LogP contribution in [0.5, 0.6) is 0 Å². The van der Waals surface area contributed by atoms with E-state index in [1.54, 1.807) is 25.1 Å². The Balaban J connectivity index is 1.96. The molecule has 1 aromatic rings. The molecule has 2 rings (SSSR count). The van der Waals surface area contributed by atoms with Gasteiger partial charge in [0.15, 0.2) is 0 Å². The van der Waals surface area contributed by atoms with E-state index in [9.17, 15) is 9.59 Å². The second-order valence-corrected chi connectivity index (χ2v) is 5.81. The molecule has 5 heteroatoms. The molecule has 0 bridgehead atoms. The van der Waals surface area contributed by atoms with Gasteiger partial charge in [0.25, 0.3) is 5.91 Å². The van der Waals surface area contributed by atoms with E-state index in [0.29, 0.717) is 18.4 Å². The van der Waals surface area contributed by atoms with Crippen molar-refractivity contribution >= 4 is 17.6 Å². The molecule has 1 saturated carbocycles. The zero-order valence-corrected chi connectivity index (χ0v) is 12.5. The normalized spacial score (nSPS) is 21.6. The average molecular weight is 290 g/mol. The SMILES string of the molecule is CN(C)C(=O)c1cccc(NC2CCC(C(=O)O)CC2)c1. The predicted molar refractivity (Wildman–Crippen MR) is 81.5 cm³/mol. The van der Waals surface area contributed by atoms with E-state index in [2.05, 4.69) is 5.32 Å². The van der Waals surface area contributed by atoms with Crippen molar-refractivity contribution < 1.29 is 14.7 Å². The van der Waals surface area contributed by atoms with Gasteiger partial charge in [0.1, 0.15) is 0 Å². The number of benzene rings is 1. The second-order valence-electron chi connectivity index (χ2n) is 5.81. The van der Waals surface area contributed by atoms with Crippen LogP contribution < -0.4 is 5.32 Å². The number of carbonyl (C=O) groups is 2. The fourth-order valence-corrected chi connectivity index (χ4v) is 2.72. The molecule has 0 atom stereocenters. The van der Waals surface area contributed by atoms with Crippen LogP contribution in [0.2, 0.25) is 0 Å². The number of carboxylic acids is 1. The lowest BCUT2D eigenvalue weighted by Gasteiger charge is -2.27.